The Morgan fingerprint density at radius 1 is 0.674 bits per heavy atom. The van der Waals surface area contributed by atoms with Crippen LogP contribution in [0.1, 0.15) is 96.6 Å². The molecule has 0 aromatic heterocycles. The molecule has 0 unspecified atom stereocenters. The molecule has 0 amide bonds. The topological polar surface area (TPSA) is 77.4 Å². The van der Waals surface area contributed by atoms with Crippen molar-refractivity contribution in [2.45, 2.75) is 103 Å². The molecule has 2 aromatic carbocycles. The zero-order valence-electron chi connectivity index (χ0n) is 29.3. The van der Waals surface area contributed by atoms with E-state index >= 15 is 0 Å². The number of ether oxygens (including phenoxy) is 4. The SMILES string of the molecule is C=CC1CCC(O)CC1.C=Cc1ccc(O)cc1.C=Cc1ccc(OC(C)(C)OC)cc1.COC(C)(C)OC=CC1CCCCC1. The molecule has 2 fully saturated rings. The van der Waals surface area contributed by atoms with Crippen molar-refractivity contribution in [3.63, 3.8) is 0 Å². The van der Waals surface area contributed by atoms with Gasteiger partial charge in [0.05, 0.1) is 12.4 Å². The van der Waals surface area contributed by atoms with Gasteiger partial charge in [-0.25, -0.2) is 0 Å². The molecule has 4 rings (SSSR count). The van der Waals surface area contributed by atoms with Crippen molar-refractivity contribution in [2.75, 3.05) is 14.2 Å². The molecule has 0 radical (unpaired) electrons. The van der Waals surface area contributed by atoms with E-state index in [0.717, 1.165) is 48.5 Å². The van der Waals surface area contributed by atoms with Crippen molar-refractivity contribution < 1.29 is 29.2 Å². The Balaban J connectivity index is 0.000000313. The molecule has 2 saturated carbocycles. The summed E-state index contributed by atoms with van der Waals surface area (Å²) in [6, 6.07) is 14.6. The highest BCUT2D eigenvalue weighted by Gasteiger charge is 2.18. The smallest absolute Gasteiger partial charge is 0.204 e. The van der Waals surface area contributed by atoms with Gasteiger partial charge in [0.1, 0.15) is 11.5 Å². The minimum absolute atomic E-state index is 0.0267. The van der Waals surface area contributed by atoms with Gasteiger partial charge in [0.15, 0.2) is 0 Å². The van der Waals surface area contributed by atoms with Gasteiger partial charge in [-0.2, -0.15) is 0 Å². The van der Waals surface area contributed by atoms with Crippen LogP contribution in [0.25, 0.3) is 12.2 Å². The number of hydrogen-bond donors (Lipinski definition) is 2. The number of hydrogen-bond acceptors (Lipinski definition) is 6. The van der Waals surface area contributed by atoms with Gasteiger partial charge < -0.3 is 29.2 Å². The van der Waals surface area contributed by atoms with Crippen LogP contribution in [0.3, 0.4) is 0 Å². The molecule has 6 heteroatoms. The number of aromatic hydroxyl groups is 1. The maximum absolute atomic E-state index is 9.09. The van der Waals surface area contributed by atoms with Crippen LogP contribution in [0.15, 0.2) is 86.7 Å². The average Bonchev–Trinajstić information content (AvgIpc) is 3.07. The third-order valence-electron chi connectivity index (χ3n) is 8.02. The molecule has 46 heavy (non-hydrogen) atoms. The molecular weight excluding hydrogens is 576 g/mol. The Morgan fingerprint density at radius 2 is 1.17 bits per heavy atom. The van der Waals surface area contributed by atoms with Gasteiger partial charge >= 0.3 is 0 Å². The second-order valence-electron chi connectivity index (χ2n) is 12.5. The Morgan fingerprint density at radius 3 is 1.63 bits per heavy atom. The summed E-state index contributed by atoms with van der Waals surface area (Å²) < 4.78 is 21.4. The van der Waals surface area contributed by atoms with E-state index in [1.165, 1.54) is 32.1 Å². The first-order valence-corrected chi connectivity index (χ1v) is 16.4. The van der Waals surface area contributed by atoms with Crippen molar-refractivity contribution in [3.05, 3.63) is 97.8 Å². The molecule has 0 heterocycles. The second-order valence-corrected chi connectivity index (χ2v) is 12.5. The van der Waals surface area contributed by atoms with Crippen LogP contribution < -0.4 is 4.74 Å². The van der Waals surface area contributed by atoms with Crippen LogP contribution >= 0.6 is 0 Å². The van der Waals surface area contributed by atoms with Gasteiger partial charge in [0.2, 0.25) is 11.6 Å². The molecule has 0 spiro atoms. The zero-order valence-corrected chi connectivity index (χ0v) is 29.3. The Kier molecular flexibility index (Phi) is 19.7. The monoisotopic (exact) mass is 636 g/mol. The average molecular weight is 637 g/mol. The molecule has 2 aliphatic rings. The lowest BCUT2D eigenvalue weighted by Gasteiger charge is -2.24. The van der Waals surface area contributed by atoms with Crippen molar-refractivity contribution in [1.29, 1.82) is 0 Å². The van der Waals surface area contributed by atoms with E-state index in [9.17, 15) is 0 Å². The summed E-state index contributed by atoms with van der Waals surface area (Å²) in [5, 5.41) is 17.9. The fourth-order valence-electron chi connectivity index (χ4n) is 4.63. The highest BCUT2D eigenvalue weighted by atomic mass is 16.7. The van der Waals surface area contributed by atoms with E-state index in [4.69, 9.17) is 29.2 Å². The fraction of sp³-hybridized carbons (Fsp3) is 0.500. The van der Waals surface area contributed by atoms with Gasteiger partial charge in [0.25, 0.3) is 0 Å². The van der Waals surface area contributed by atoms with Crippen molar-refractivity contribution in [3.8, 4) is 11.5 Å². The molecule has 2 N–H and O–H groups in total. The normalized spacial score (nSPS) is 18.3. The van der Waals surface area contributed by atoms with Gasteiger partial charge in [-0.1, -0.05) is 74.9 Å². The number of methoxy groups -OCH3 is 2. The predicted octanol–water partition coefficient (Wildman–Crippen LogP) is 10.3. The van der Waals surface area contributed by atoms with Crippen LogP contribution in [-0.2, 0) is 14.2 Å². The molecular formula is C40H60O6. The van der Waals surface area contributed by atoms with Crippen LogP contribution in [0.5, 0.6) is 11.5 Å². The van der Waals surface area contributed by atoms with E-state index in [0.29, 0.717) is 11.7 Å². The van der Waals surface area contributed by atoms with E-state index < -0.39 is 11.6 Å². The van der Waals surface area contributed by atoms with E-state index in [2.05, 4.69) is 25.8 Å². The number of phenols is 1. The molecule has 0 atom stereocenters. The summed E-state index contributed by atoms with van der Waals surface area (Å²) in [5.74, 6) is 1.40. The molecule has 0 bridgehead atoms. The standard InChI is InChI=1S/C12H22O2.C12H16O2.C8H14O.C8H8O/c1-12(2,13-3)14-10-9-11-7-5-4-6-8-11;1-5-10-6-8-11(9-7-10)14-12(2,3)13-4;2*1-2-7-3-5-8(9)6-4-7/h9-11H,4-8H2,1-3H3;5-9H,1H2,2-4H3;2,7-9H,1,3-6H2;2-6,9H,1H2. The number of aliphatic hydroxyl groups is 1. The molecule has 2 aliphatic carbocycles. The lowest BCUT2D eigenvalue weighted by molar-refractivity contribution is -0.161. The number of aliphatic hydroxyl groups excluding tert-OH is 1. The highest BCUT2D eigenvalue weighted by molar-refractivity contribution is 5.48. The van der Waals surface area contributed by atoms with Crippen molar-refractivity contribution in [1.82, 2.24) is 0 Å². The third-order valence-corrected chi connectivity index (χ3v) is 8.02. The van der Waals surface area contributed by atoms with E-state index in [1.54, 1.807) is 44.8 Å². The van der Waals surface area contributed by atoms with Crippen LogP contribution in [0.2, 0.25) is 0 Å². The van der Waals surface area contributed by atoms with Gasteiger partial charge in [-0.3, -0.25) is 0 Å². The Labute approximate surface area is 279 Å². The summed E-state index contributed by atoms with van der Waals surface area (Å²) in [6.45, 7) is 18.6. The lowest BCUT2D eigenvalue weighted by Crippen LogP contribution is -2.30. The van der Waals surface area contributed by atoms with Gasteiger partial charge in [-0.05, 0) is 91.8 Å². The molecule has 256 valence electrons. The summed E-state index contributed by atoms with van der Waals surface area (Å²) in [4.78, 5) is 0. The quantitative estimate of drug-likeness (QED) is 0.154. The third kappa shape index (κ3) is 18.6. The zero-order chi connectivity index (χ0) is 34.4. The lowest BCUT2D eigenvalue weighted by atomic mass is 9.88. The van der Waals surface area contributed by atoms with Crippen LogP contribution in [-0.4, -0.2) is 42.1 Å². The first kappa shape index (κ1) is 40.7. The second kappa shape index (κ2) is 22.2. The number of rotatable bonds is 10. The van der Waals surface area contributed by atoms with Crippen LogP contribution in [0, 0.1) is 11.8 Å². The Bertz CT molecular complexity index is 1120. The first-order chi connectivity index (χ1) is 21.9. The maximum atomic E-state index is 9.09. The first-order valence-electron chi connectivity index (χ1n) is 16.4. The van der Waals surface area contributed by atoms with Crippen molar-refractivity contribution >= 4 is 12.2 Å². The number of phenolic OH excluding ortho intramolecular Hbond substituents is 1. The van der Waals surface area contributed by atoms with Crippen LogP contribution in [0.4, 0.5) is 0 Å². The van der Waals surface area contributed by atoms with Gasteiger partial charge in [-0.15, -0.1) is 6.58 Å². The summed E-state index contributed by atoms with van der Waals surface area (Å²) in [7, 11) is 3.28. The van der Waals surface area contributed by atoms with E-state index in [-0.39, 0.29) is 6.10 Å². The summed E-state index contributed by atoms with van der Waals surface area (Å²) in [5.41, 5.74) is 2.10. The summed E-state index contributed by atoms with van der Waals surface area (Å²) >= 11 is 0. The predicted molar refractivity (Wildman–Crippen MR) is 192 cm³/mol. The minimum Gasteiger partial charge on any atom is -0.508 e. The fourth-order valence-corrected chi connectivity index (χ4v) is 4.63. The van der Waals surface area contributed by atoms with E-state index in [1.807, 2.05) is 70.2 Å². The summed E-state index contributed by atoms with van der Waals surface area (Å²) in [6.07, 6.45) is 20.4. The minimum atomic E-state index is -0.588. The molecule has 2 aromatic rings. The van der Waals surface area contributed by atoms with Gasteiger partial charge in [0, 0.05) is 41.9 Å². The maximum Gasteiger partial charge on any atom is 0.204 e. The molecule has 0 saturated heterocycles. The number of benzene rings is 2. The van der Waals surface area contributed by atoms with Crippen molar-refractivity contribution in [2.24, 2.45) is 11.8 Å². The number of allylic oxidation sites excluding steroid dienone is 2. The highest BCUT2D eigenvalue weighted by Crippen LogP contribution is 2.25. The molecule has 0 aliphatic heterocycles. The Hall–Kier alpha value is -3.32. The molecule has 6 nitrogen and oxygen atoms in total. The largest absolute Gasteiger partial charge is 0.508 e.